The van der Waals surface area contributed by atoms with Crippen molar-refractivity contribution in [2.75, 3.05) is 6.54 Å². The van der Waals surface area contributed by atoms with Crippen LogP contribution in [0.15, 0.2) is 18.3 Å². The standard InChI is InChI=1S/C15H18ClN3O2/c1-15(2,3)21-14(20)18-7-6-11-12(9-18)19-8-10(16)4-5-13(19)17-11/h4-5,8H,6-7,9H2,1-3H3. The van der Waals surface area contributed by atoms with E-state index >= 15 is 0 Å². The predicted octanol–water partition coefficient (Wildman–Crippen LogP) is 3.28. The highest BCUT2D eigenvalue weighted by molar-refractivity contribution is 6.30. The van der Waals surface area contributed by atoms with Gasteiger partial charge in [-0.15, -0.1) is 0 Å². The van der Waals surface area contributed by atoms with Crippen LogP contribution in [-0.2, 0) is 17.7 Å². The minimum absolute atomic E-state index is 0.287. The second-order valence-corrected chi connectivity index (χ2v) is 6.67. The zero-order chi connectivity index (χ0) is 15.2. The molecule has 3 rings (SSSR count). The Kier molecular flexibility index (Phi) is 3.32. The first-order chi connectivity index (χ1) is 9.83. The molecule has 0 saturated heterocycles. The molecule has 0 aromatic carbocycles. The lowest BCUT2D eigenvalue weighted by Crippen LogP contribution is -2.40. The summed E-state index contributed by atoms with van der Waals surface area (Å²) in [6.45, 7) is 6.72. The van der Waals surface area contributed by atoms with Gasteiger partial charge in [-0.25, -0.2) is 9.78 Å². The fourth-order valence-electron chi connectivity index (χ4n) is 2.47. The van der Waals surface area contributed by atoms with E-state index in [1.807, 2.05) is 43.5 Å². The zero-order valence-corrected chi connectivity index (χ0v) is 13.1. The summed E-state index contributed by atoms with van der Waals surface area (Å²) in [6, 6.07) is 3.71. The number of carbonyl (C=O) groups is 1. The number of pyridine rings is 1. The molecule has 0 atom stereocenters. The molecule has 21 heavy (non-hydrogen) atoms. The summed E-state index contributed by atoms with van der Waals surface area (Å²) in [5, 5.41) is 0.650. The summed E-state index contributed by atoms with van der Waals surface area (Å²) < 4.78 is 7.39. The smallest absolute Gasteiger partial charge is 0.410 e. The van der Waals surface area contributed by atoms with Gasteiger partial charge in [0.25, 0.3) is 0 Å². The van der Waals surface area contributed by atoms with Crippen LogP contribution in [-0.4, -0.2) is 32.5 Å². The minimum atomic E-state index is -0.486. The second kappa shape index (κ2) is 4.91. The molecule has 0 radical (unpaired) electrons. The molecule has 2 aromatic rings. The van der Waals surface area contributed by atoms with Crippen LogP contribution >= 0.6 is 11.6 Å². The van der Waals surface area contributed by atoms with E-state index in [1.54, 1.807) is 4.90 Å². The Morgan fingerprint density at radius 1 is 1.38 bits per heavy atom. The average molecular weight is 308 g/mol. The van der Waals surface area contributed by atoms with Gasteiger partial charge >= 0.3 is 6.09 Å². The quantitative estimate of drug-likeness (QED) is 0.750. The van der Waals surface area contributed by atoms with Crippen molar-refractivity contribution < 1.29 is 9.53 Å². The topological polar surface area (TPSA) is 46.8 Å². The van der Waals surface area contributed by atoms with Gasteiger partial charge in [0.1, 0.15) is 11.2 Å². The molecular formula is C15H18ClN3O2. The van der Waals surface area contributed by atoms with Gasteiger partial charge in [0, 0.05) is 19.2 Å². The molecule has 2 aromatic heterocycles. The lowest BCUT2D eigenvalue weighted by atomic mass is 10.1. The van der Waals surface area contributed by atoms with Crippen LogP contribution in [0, 0.1) is 0 Å². The first-order valence-electron chi connectivity index (χ1n) is 6.97. The molecule has 3 heterocycles. The van der Waals surface area contributed by atoms with E-state index in [0.717, 1.165) is 23.5 Å². The largest absolute Gasteiger partial charge is 0.444 e. The van der Waals surface area contributed by atoms with Crippen molar-refractivity contribution in [1.29, 1.82) is 0 Å². The molecule has 6 heteroatoms. The molecular weight excluding hydrogens is 290 g/mol. The van der Waals surface area contributed by atoms with E-state index < -0.39 is 5.60 Å². The van der Waals surface area contributed by atoms with E-state index in [1.165, 1.54) is 0 Å². The maximum absolute atomic E-state index is 12.2. The number of nitrogens with zero attached hydrogens (tertiary/aromatic N) is 3. The summed E-state index contributed by atoms with van der Waals surface area (Å²) >= 11 is 6.05. The molecule has 0 unspecified atom stereocenters. The molecule has 112 valence electrons. The normalized spacial score (nSPS) is 15.1. The van der Waals surface area contributed by atoms with Crippen molar-refractivity contribution in [2.45, 2.75) is 39.3 Å². The van der Waals surface area contributed by atoms with Gasteiger partial charge in [0.15, 0.2) is 0 Å². The number of halogens is 1. The zero-order valence-electron chi connectivity index (χ0n) is 12.4. The number of rotatable bonds is 0. The van der Waals surface area contributed by atoms with Gasteiger partial charge in [-0.3, -0.25) is 0 Å². The predicted molar refractivity (Wildman–Crippen MR) is 80.6 cm³/mol. The van der Waals surface area contributed by atoms with Crippen LogP contribution in [0.3, 0.4) is 0 Å². The van der Waals surface area contributed by atoms with E-state index in [0.29, 0.717) is 18.1 Å². The van der Waals surface area contributed by atoms with Gasteiger partial charge in [0.2, 0.25) is 0 Å². The maximum atomic E-state index is 12.2. The van der Waals surface area contributed by atoms with Crippen LogP contribution < -0.4 is 0 Å². The van der Waals surface area contributed by atoms with Crippen molar-refractivity contribution >= 4 is 23.3 Å². The first kappa shape index (κ1) is 14.2. The summed E-state index contributed by atoms with van der Waals surface area (Å²) in [6.07, 6.45) is 2.28. The Morgan fingerprint density at radius 2 is 2.14 bits per heavy atom. The first-order valence-corrected chi connectivity index (χ1v) is 7.34. The number of carbonyl (C=O) groups excluding carboxylic acids is 1. The monoisotopic (exact) mass is 307 g/mol. The number of fused-ring (bicyclic) bond motifs is 3. The number of aromatic nitrogens is 2. The van der Waals surface area contributed by atoms with E-state index in [2.05, 4.69) is 4.98 Å². The number of ether oxygens (including phenoxy) is 1. The number of hydrogen-bond acceptors (Lipinski definition) is 3. The van der Waals surface area contributed by atoms with Crippen molar-refractivity contribution in [3.63, 3.8) is 0 Å². The van der Waals surface area contributed by atoms with E-state index in [-0.39, 0.29) is 6.09 Å². The van der Waals surface area contributed by atoms with Crippen molar-refractivity contribution in [2.24, 2.45) is 0 Å². The maximum Gasteiger partial charge on any atom is 0.410 e. The van der Waals surface area contributed by atoms with Crippen LogP contribution in [0.4, 0.5) is 4.79 Å². The molecule has 1 aliphatic heterocycles. The van der Waals surface area contributed by atoms with Gasteiger partial charge in [-0.05, 0) is 32.9 Å². The third-order valence-electron chi connectivity index (χ3n) is 3.38. The molecule has 0 spiro atoms. The van der Waals surface area contributed by atoms with Gasteiger partial charge in [0.05, 0.1) is 23.0 Å². The Bertz CT molecular complexity index is 703. The lowest BCUT2D eigenvalue weighted by molar-refractivity contribution is 0.0220. The van der Waals surface area contributed by atoms with Gasteiger partial charge in [-0.2, -0.15) is 0 Å². The molecule has 0 bridgehead atoms. The Labute approximate surface area is 128 Å². The number of hydrogen-bond donors (Lipinski definition) is 0. The van der Waals surface area contributed by atoms with Crippen LogP contribution in [0.5, 0.6) is 0 Å². The minimum Gasteiger partial charge on any atom is -0.444 e. The fourth-order valence-corrected chi connectivity index (χ4v) is 2.63. The highest BCUT2D eigenvalue weighted by Crippen LogP contribution is 2.23. The SMILES string of the molecule is CC(C)(C)OC(=O)N1CCc2nc3ccc(Cl)cn3c2C1. The van der Waals surface area contributed by atoms with Gasteiger partial charge in [-0.1, -0.05) is 11.6 Å². The Hall–Kier alpha value is -1.75. The summed E-state index contributed by atoms with van der Waals surface area (Å²) in [4.78, 5) is 18.5. The van der Waals surface area contributed by atoms with E-state index in [4.69, 9.17) is 16.3 Å². The molecule has 0 saturated carbocycles. The number of imidazole rings is 1. The van der Waals surface area contributed by atoms with Crippen molar-refractivity contribution in [3.05, 3.63) is 34.7 Å². The molecule has 0 aliphatic carbocycles. The fraction of sp³-hybridized carbons (Fsp3) is 0.467. The summed E-state index contributed by atoms with van der Waals surface area (Å²) in [5.41, 5.74) is 2.40. The summed E-state index contributed by atoms with van der Waals surface area (Å²) in [7, 11) is 0. The molecule has 5 nitrogen and oxygen atoms in total. The van der Waals surface area contributed by atoms with E-state index in [9.17, 15) is 4.79 Å². The molecule has 0 N–H and O–H groups in total. The van der Waals surface area contributed by atoms with Crippen molar-refractivity contribution in [3.8, 4) is 0 Å². The van der Waals surface area contributed by atoms with Gasteiger partial charge < -0.3 is 14.0 Å². The van der Waals surface area contributed by atoms with Crippen molar-refractivity contribution in [1.82, 2.24) is 14.3 Å². The molecule has 1 aliphatic rings. The summed E-state index contributed by atoms with van der Waals surface area (Å²) in [5.74, 6) is 0. The molecule has 1 amide bonds. The average Bonchev–Trinajstić information content (AvgIpc) is 2.74. The second-order valence-electron chi connectivity index (χ2n) is 6.23. The van der Waals surface area contributed by atoms with Crippen LogP contribution in [0.1, 0.15) is 32.2 Å². The Balaban J connectivity index is 1.89. The molecule has 0 fully saturated rings. The highest BCUT2D eigenvalue weighted by atomic mass is 35.5. The Morgan fingerprint density at radius 3 is 2.86 bits per heavy atom. The van der Waals surface area contributed by atoms with Crippen LogP contribution in [0.2, 0.25) is 5.02 Å². The number of amides is 1. The van der Waals surface area contributed by atoms with Crippen LogP contribution in [0.25, 0.3) is 5.65 Å². The lowest BCUT2D eigenvalue weighted by Gasteiger charge is -2.29. The third-order valence-corrected chi connectivity index (χ3v) is 3.60. The highest BCUT2D eigenvalue weighted by Gasteiger charge is 2.28. The third kappa shape index (κ3) is 2.83.